The van der Waals surface area contributed by atoms with Crippen molar-refractivity contribution in [1.29, 1.82) is 0 Å². The second-order valence-electron chi connectivity index (χ2n) is 5.63. The van der Waals surface area contributed by atoms with Gasteiger partial charge in [-0.2, -0.15) is 0 Å². The number of ether oxygens (including phenoxy) is 3. The van der Waals surface area contributed by atoms with Crippen LogP contribution in [0.3, 0.4) is 0 Å². The summed E-state index contributed by atoms with van der Waals surface area (Å²) in [7, 11) is 3.20. The minimum atomic E-state index is -0.121. The van der Waals surface area contributed by atoms with E-state index < -0.39 is 0 Å². The van der Waals surface area contributed by atoms with E-state index in [0.29, 0.717) is 41.3 Å². The van der Waals surface area contributed by atoms with Crippen LogP contribution in [-0.4, -0.2) is 32.8 Å². The summed E-state index contributed by atoms with van der Waals surface area (Å²) in [5.41, 5.74) is 6.89. The molecular formula is C19H25ClIN3O3. The van der Waals surface area contributed by atoms with Crippen molar-refractivity contribution in [2.24, 2.45) is 10.7 Å². The van der Waals surface area contributed by atoms with Crippen molar-refractivity contribution >= 4 is 41.5 Å². The fraction of sp³-hybridized carbons (Fsp3) is 0.316. The molecule has 1 atom stereocenters. The minimum Gasteiger partial charge on any atom is -0.493 e. The molecule has 0 aliphatic carbocycles. The second kappa shape index (κ2) is 11.8. The lowest BCUT2D eigenvalue weighted by Gasteiger charge is -2.16. The number of methoxy groups -OCH3 is 2. The fourth-order valence-corrected chi connectivity index (χ4v) is 2.44. The van der Waals surface area contributed by atoms with Crippen molar-refractivity contribution < 1.29 is 14.2 Å². The van der Waals surface area contributed by atoms with Gasteiger partial charge >= 0.3 is 0 Å². The highest BCUT2D eigenvalue weighted by Gasteiger charge is 2.08. The molecule has 0 spiro atoms. The standard InChI is InChI=1S/C19H24ClN3O3.HI/c1-13(26-16-7-5-4-6-15(16)20)11-22-19(21)23-12-14-8-9-17(24-2)18(10-14)25-3;/h4-10,13H,11-12H2,1-3H3,(H3,21,22,23);1H. The Kier molecular flexibility index (Phi) is 10.1. The third-order valence-corrected chi connectivity index (χ3v) is 3.93. The van der Waals surface area contributed by atoms with E-state index in [4.69, 9.17) is 31.5 Å². The van der Waals surface area contributed by atoms with E-state index in [1.165, 1.54) is 0 Å². The Morgan fingerprint density at radius 3 is 2.48 bits per heavy atom. The molecule has 2 aromatic carbocycles. The number of nitrogens with one attached hydrogen (secondary N) is 1. The monoisotopic (exact) mass is 505 g/mol. The van der Waals surface area contributed by atoms with Crippen LogP contribution < -0.4 is 25.3 Å². The van der Waals surface area contributed by atoms with Gasteiger partial charge in [0.15, 0.2) is 17.5 Å². The fourth-order valence-electron chi connectivity index (χ4n) is 2.26. The summed E-state index contributed by atoms with van der Waals surface area (Å²) in [5.74, 6) is 2.32. The molecular weight excluding hydrogens is 481 g/mol. The minimum absolute atomic E-state index is 0. The molecule has 1 unspecified atom stereocenters. The number of hydrogen-bond acceptors (Lipinski definition) is 4. The first kappa shape index (κ1) is 23.2. The van der Waals surface area contributed by atoms with Gasteiger partial charge in [-0.15, -0.1) is 24.0 Å². The number of nitrogens with zero attached hydrogens (tertiary/aromatic N) is 1. The molecule has 0 aromatic heterocycles. The van der Waals surface area contributed by atoms with Crippen LogP contribution in [0.5, 0.6) is 17.2 Å². The van der Waals surface area contributed by atoms with Crippen LogP contribution in [0.2, 0.25) is 5.02 Å². The average Bonchev–Trinajstić information content (AvgIpc) is 2.66. The first-order valence-electron chi connectivity index (χ1n) is 8.19. The molecule has 8 heteroatoms. The summed E-state index contributed by atoms with van der Waals surface area (Å²) < 4.78 is 16.3. The van der Waals surface area contributed by atoms with E-state index >= 15 is 0 Å². The maximum Gasteiger partial charge on any atom is 0.189 e. The summed E-state index contributed by atoms with van der Waals surface area (Å²) in [6.07, 6.45) is -0.121. The predicted octanol–water partition coefficient (Wildman–Crippen LogP) is 3.85. The Labute approximate surface area is 182 Å². The second-order valence-corrected chi connectivity index (χ2v) is 6.04. The van der Waals surface area contributed by atoms with Gasteiger partial charge in [-0.25, -0.2) is 4.99 Å². The van der Waals surface area contributed by atoms with Crippen LogP contribution in [0.1, 0.15) is 12.5 Å². The van der Waals surface area contributed by atoms with Crippen LogP contribution in [0.4, 0.5) is 0 Å². The SMILES string of the molecule is COc1ccc(CN=C(N)NCC(C)Oc2ccccc2Cl)cc1OC.I. The van der Waals surface area contributed by atoms with Crippen molar-refractivity contribution in [3.05, 3.63) is 53.1 Å². The van der Waals surface area contributed by atoms with Gasteiger partial charge in [0.2, 0.25) is 0 Å². The molecule has 2 aromatic rings. The Hall–Kier alpha value is -1.87. The van der Waals surface area contributed by atoms with Gasteiger partial charge < -0.3 is 25.3 Å². The highest BCUT2D eigenvalue weighted by atomic mass is 127. The molecule has 0 amide bonds. The molecule has 6 nitrogen and oxygen atoms in total. The van der Waals surface area contributed by atoms with Crippen LogP contribution in [-0.2, 0) is 6.54 Å². The molecule has 2 rings (SSSR count). The van der Waals surface area contributed by atoms with E-state index in [0.717, 1.165) is 5.56 Å². The number of para-hydroxylation sites is 1. The van der Waals surface area contributed by atoms with Crippen molar-refractivity contribution in [2.75, 3.05) is 20.8 Å². The average molecular weight is 506 g/mol. The zero-order chi connectivity index (χ0) is 18.9. The number of nitrogens with two attached hydrogens (primary N) is 1. The molecule has 148 valence electrons. The van der Waals surface area contributed by atoms with Crippen LogP contribution in [0.15, 0.2) is 47.5 Å². The van der Waals surface area contributed by atoms with Gasteiger partial charge in [0.1, 0.15) is 11.9 Å². The molecule has 0 fully saturated rings. The number of benzene rings is 2. The van der Waals surface area contributed by atoms with Gasteiger partial charge in [0.25, 0.3) is 0 Å². The molecule has 0 saturated heterocycles. The summed E-state index contributed by atoms with van der Waals surface area (Å²) >= 11 is 6.08. The maximum absolute atomic E-state index is 6.08. The number of aliphatic imine (C=N–C) groups is 1. The molecule has 0 radical (unpaired) electrons. The smallest absolute Gasteiger partial charge is 0.189 e. The molecule has 0 aliphatic rings. The quantitative estimate of drug-likeness (QED) is 0.324. The molecule has 27 heavy (non-hydrogen) atoms. The molecule has 0 bridgehead atoms. The maximum atomic E-state index is 6.08. The van der Waals surface area contributed by atoms with Gasteiger partial charge in [-0.3, -0.25) is 0 Å². The Morgan fingerprint density at radius 1 is 1.11 bits per heavy atom. The predicted molar refractivity (Wildman–Crippen MR) is 120 cm³/mol. The van der Waals surface area contributed by atoms with Crippen molar-refractivity contribution in [1.82, 2.24) is 5.32 Å². The third-order valence-electron chi connectivity index (χ3n) is 3.62. The van der Waals surface area contributed by atoms with Gasteiger partial charge in [-0.1, -0.05) is 29.8 Å². The third kappa shape index (κ3) is 7.34. The highest BCUT2D eigenvalue weighted by molar-refractivity contribution is 14.0. The number of rotatable bonds is 8. The van der Waals surface area contributed by atoms with E-state index in [1.54, 1.807) is 20.3 Å². The molecule has 0 aliphatic heterocycles. The molecule has 0 saturated carbocycles. The van der Waals surface area contributed by atoms with E-state index in [-0.39, 0.29) is 30.1 Å². The summed E-state index contributed by atoms with van der Waals surface area (Å²) in [4.78, 5) is 4.33. The zero-order valence-electron chi connectivity index (χ0n) is 15.6. The topological polar surface area (TPSA) is 78.1 Å². The van der Waals surface area contributed by atoms with E-state index in [9.17, 15) is 0 Å². The van der Waals surface area contributed by atoms with E-state index in [2.05, 4.69) is 10.3 Å². The summed E-state index contributed by atoms with van der Waals surface area (Å²) in [5, 5.41) is 3.63. The van der Waals surface area contributed by atoms with Crippen molar-refractivity contribution in [3.8, 4) is 17.2 Å². The number of guanidine groups is 1. The summed E-state index contributed by atoms with van der Waals surface area (Å²) in [6.45, 7) is 2.86. The molecule has 0 heterocycles. The normalized spacial score (nSPS) is 11.9. The van der Waals surface area contributed by atoms with Gasteiger partial charge in [-0.05, 0) is 36.8 Å². The van der Waals surface area contributed by atoms with E-state index in [1.807, 2.05) is 43.3 Å². The van der Waals surface area contributed by atoms with Crippen molar-refractivity contribution in [3.63, 3.8) is 0 Å². The van der Waals surface area contributed by atoms with Crippen LogP contribution in [0.25, 0.3) is 0 Å². The van der Waals surface area contributed by atoms with Gasteiger partial charge in [0, 0.05) is 0 Å². The first-order valence-corrected chi connectivity index (χ1v) is 8.57. The largest absolute Gasteiger partial charge is 0.493 e. The Balaban J connectivity index is 0.00000364. The lowest BCUT2D eigenvalue weighted by Crippen LogP contribution is -2.38. The zero-order valence-corrected chi connectivity index (χ0v) is 18.7. The van der Waals surface area contributed by atoms with Crippen LogP contribution in [0, 0.1) is 0 Å². The Morgan fingerprint density at radius 2 is 1.81 bits per heavy atom. The first-order chi connectivity index (χ1) is 12.5. The lowest BCUT2D eigenvalue weighted by atomic mass is 10.2. The van der Waals surface area contributed by atoms with Crippen LogP contribution >= 0.6 is 35.6 Å². The van der Waals surface area contributed by atoms with Gasteiger partial charge in [0.05, 0.1) is 32.3 Å². The lowest BCUT2D eigenvalue weighted by molar-refractivity contribution is 0.224. The van der Waals surface area contributed by atoms with Crippen molar-refractivity contribution in [2.45, 2.75) is 19.6 Å². The summed E-state index contributed by atoms with van der Waals surface area (Å²) in [6, 6.07) is 13.0. The number of halogens is 2. The number of hydrogen-bond donors (Lipinski definition) is 2. The highest BCUT2D eigenvalue weighted by Crippen LogP contribution is 2.27. The Bertz CT molecular complexity index is 759. The molecule has 3 N–H and O–H groups in total.